The maximum atomic E-state index is 13.8. The van der Waals surface area contributed by atoms with E-state index in [1.54, 1.807) is 0 Å². The molecule has 1 fully saturated rings. The maximum Gasteiger partial charge on any atom is 0.246 e. The zero-order valence-corrected chi connectivity index (χ0v) is 14.5. The number of nitrogens with two attached hydrogens (primary N) is 1. The molecule has 0 saturated carbocycles. The standard InChI is InChI=1S/C14H19F2N3O3S.ClH/c15-11-3-4-12(16)13(8-11)23(21,22)19-7-1-2-10(9-19)14(20)18-6-5-17;/h3-4,8,10H,1-2,5-7,9,17H2,(H,18,20);1H. The quantitative estimate of drug-likeness (QED) is 0.788. The molecular weight excluding hydrogens is 364 g/mol. The van der Waals surface area contributed by atoms with Crippen LogP contribution in [0.3, 0.4) is 0 Å². The number of carbonyl (C=O) groups excluding carboxylic acids is 1. The number of halogens is 3. The van der Waals surface area contributed by atoms with Gasteiger partial charge in [-0.1, -0.05) is 0 Å². The van der Waals surface area contributed by atoms with E-state index < -0.39 is 32.5 Å². The topological polar surface area (TPSA) is 92.5 Å². The molecule has 3 N–H and O–H groups in total. The van der Waals surface area contributed by atoms with Gasteiger partial charge in [0.05, 0.1) is 5.92 Å². The van der Waals surface area contributed by atoms with Crippen molar-refractivity contribution in [2.24, 2.45) is 11.7 Å². The molecular formula is C14H20ClF2N3O3S. The third-order valence-corrected chi connectivity index (χ3v) is 5.59. The van der Waals surface area contributed by atoms with Crippen LogP contribution in [0.5, 0.6) is 0 Å². The van der Waals surface area contributed by atoms with Crippen LogP contribution >= 0.6 is 12.4 Å². The fourth-order valence-corrected chi connectivity index (χ4v) is 4.13. The Morgan fingerprint density at radius 2 is 2.08 bits per heavy atom. The third kappa shape index (κ3) is 4.62. The molecule has 1 saturated heterocycles. The smallest absolute Gasteiger partial charge is 0.246 e. The first-order valence-corrected chi connectivity index (χ1v) is 8.73. The number of hydrogen-bond acceptors (Lipinski definition) is 4. The highest BCUT2D eigenvalue weighted by Crippen LogP contribution is 2.26. The summed E-state index contributed by atoms with van der Waals surface area (Å²) in [5, 5.41) is 2.61. The van der Waals surface area contributed by atoms with Crippen LogP contribution in [0.25, 0.3) is 0 Å². The first-order chi connectivity index (χ1) is 10.9. The van der Waals surface area contributed by atoms with Crippen molar-refractivity contribution in [3.8, 4) is 0 Å². The third-order valence-electron chi connectivity index (χ3n) is 3.71. The molecule has 1 atom stereocenters. The lowest BCUT2D eigenvalue weighted by Crippen LogP contribution is -2.46. The highest BCUT2D eigenvalue weighted by Gasteiger charge is 2.34. The number of amides is 1. The summed E-state index contributed by atoms with van der Waals surface area (Å²) in [6.07, 6.45) is 1.00. The fourth-order valence-electron chi connectivity index (χ4n) is 2.53. The Morgan fingerprint density at radius 1 is 1.38 bits per heavy atom. The number of benzene rings is 1. The second-order valence-electron chi connectivity index (χ2n) is 5.36. The van der Waals surface area contributed by atoms with Crippen molar-refractivity contribution in [1.29, 1.82) is 0 Å². The SMILES string of the molecule is Cl.NCCNC(=O)C1CCCN(S(=O)(=O)c2cc(F)ccc2F)C1. The van der Waals surface area contributed by atoms with Crippen molar-refractivity contribution in [3.05, 3.63) is 29.8 Å². The molecule has 1 aliphatic rings. The summed E-state index contributed by atoms with van der Waals surface area (Å²) in [7, 11) is -4.19. The number of rotatable bonds is 5. The van der Waals surface area contributed by atoms with E-state index in [4.69, 9.17) is 5.73 Å². The van der Waals surface area contributed by atoms with Gasteiger partial charge in [-0.3, -0.25) is 4.79 Å². The summed E-state index contributed by atoms with van der Waals surface area (Å²) in [5.74, 6) is -2.66. The van der Waals surface area contributed by atoms with Gasteiger partial charge in [-0.25, -0.2) is 17.2 Å². The number of nitrogens with zero attached hydrogens (tertiary/aromatic N) is 1. The lowest BCUT2D eigenvalue weighted by molar-refractivity contribution is -0.126. The molecule has 0 radical (unpaired) electrons. The minimum absolute atomic E-state index is 0. The van der Waals surface area contributed by atoms with Gasteiger partial charge >= 0.3 is 0 Å². The lowest BCUT2D eigenvalue weighted by Gasteiger charge is -2.31. The molecule has 1 aromatic rings. The fraction of sp³-hybridized carbons (Fsp3) is 0.500. The average molecular weight is 384 g/mol. The maximum absolute atomic E-state index is 13.8. The largest absolute Gasteiger partial charge is 0.355 e. The van der Waals surface area contributed by atoms with Gasteiger partial charge in [0.15, 0.2) is 0 Å². The van der Waals surface area contributed by atoms with Gasteiger partial charge < -0.3 is 11.1 Å². The van der Waals surface area contributed by atoms with Gasteiger partial charge in [0, 0.05) is 26.2 Å². The first kappa shape index (κ1) is 20.8. The highest BCUT2D eigenvalue weighted by molar-refractivity contribution is 7.89. The van der Waals surface area contributed by atoms with Crippen LogP contribution in [0.4, 0.5) is 8.78 Å². The van der Waals surface area contributed by atoms with Gasteiger partial charge in [0.2, 0.25) is 15.9 Å². The average Bonchev–Trinajstić information content (AvgIpc) is 2.54. The molecule has 1 aromatic carbocycles. The summed E-state index contributed by atoms with van der Waals surface area (Å²) in [6, 6.07) is 2.29. The van der Waals surface area contributed by atoms with E-state index in [-0.39, 0.29) is 37.9 Å². The van der Waals surface area contributed by atoms with E-state index in [9.17, 15) is 22.0 Å². The van der Waals surface area contributed by atoms with Crippen molar-refractivity contribution in [1.82, 2.24) is 9.62 Å². The molecule has 2 rings (SSSR count). The Morgan fingerprint density at radius 3 is 2.75 bits per heavy atom. The van der Waals surface area contributed by atoms with E-state index in [1.165, 1.54) is 0 Å². The lowest BCUT2D eigenvalue weighted by atomic mass is 9.99. The number of nitrogens with one attached hydrogen (secondary N) is 1. The summed E-state index contributed by atoms with van der Waals surface area (Å²) in [5.41, 5.74) is 5.31. The molecule has 1 amide bonds. The van der Waals surface area contributed by atoms with E-state index in [0.717, 1.165) is 16.4 Å². The van der Waals surface area contributed by atoms with E-state index in [2.05, 4.69) is 5.32 Å². The monoisotopic (exact) mass is 383 g/mol. The van der Waals surface area contributed by atoms with Crippen molar-refractivity contribution in [2.45, 2.75) is 17.7 Å². The zero-order valence-electron chi connectivity index (χ0n) is 12.9. The Hall–Kier alpha value is -1.29. The molecule has 10 heteroatoms. The molecule has 0 spiro atoms. The summed E-state index contributed by atoms with van der Waals surface area (Å²) >= 11 is 0. The van der Waals surface area contributed by atoms with Crippen LogP contribution in [0.2, 0.25) is 0 Å². The second-order valence-corrected chi connectivity index (χ2v) is 7.26. The number of hydrogen-bond donors (Lipinski definition) is 2. The summed E-state index contributed by atoms with van der Waals surface area (Å²) < 4.78 is 53.1. The molecule has 1 heterocycles. The Labute approximate surface area is 145 Å². The van der Waals surface area contributed by atoms with Crippen LogP contribution in [0.15, 0.2) is 23.1 Å². The minimum atomic E-state index is -4.19. The van der Waals surface area contributed by atoms with Crippen LogP contribution in [0, 0.1) is 17.6 Å². The molecule has 136 valence electrons. The van der Waals surface area contributed by atoms with Crippen molar-refractivity contribution < 1.29 is 22.0 Å². The van der Waals surface area contributed by atoms with Crippen LogP contribution in [-0.2, 0) is 14.8 Å². The Balaban J connectivity index is 0.00000288. The van der Waals surface area contributed by atoms with Gasteiger partial charge in [0.25, 0.3) is 0 Å². The number of piperidine rings is 1. The molecule has 24 heavy (non-hydrogen) atoms. The van der Waals surface area contributed by atoms with Crippen molar-refractivity contribution in [3.63, 3.8) is 0 Å². The minimum Gasteiger partial charge on any atom is -0.355 e. The van der Waals surface area contributed by atoms with Crippen LogP contribution in [-0.4, -0.2) is 44.8 Å². The van der Waals surface area contributed by atoms with Gasteiger partial charge in [-0.2, -0.15) is 4.31 Å². The molecule has 6 nitrogen and oxygen atoms in total. The predicted octanol–water partition coefficient (Wildman–Crippen LogP) is 0.862. The normalized spacial score (nSPS) is 18.7. The molecule has 0 bridgehead atoms. The summed E-state index contributed by atoms with van der Waals surface area (Å²) in [4.78, 5) is 11.3. The van der Waals surface area contributed by atoms with E-state index in [1.807, 2.05) is 0 Å². The molecule has 1 unspecified atom stereocenters. The van der Waals surface area contributed by atoms with E-state index >= 15 is 0 Å². The summed E-state index contributed by atoms with van der Waals surface area (Å²) in [6.45, 7) is 0.698. The van der Waals surface area contributed by atoms with Gasteiger partial charge in [0.1, 0.15) is 16.5 Å². The zero-order chi connectivity index (χ0) is 17.0. The van der Waals surface area contributed by atoms with Crippen LogP contribution in [0.1, 0.15) is 12.8 Å². The number of sulfonamides is 1. The predicted molar refractivity (Wildman–Crippen MR) is 87.2 cm³/mol. The second kappa shape index (κ2) is 8.70. The highest BCUT2D eigenvalue weighted by atomic mass is 35.5. The van der Waals surface area contributed by atoms with Crippen LogP contribution < -0.4 is 11.1 Å². The van der Waals surface area contributed by atoms with E-state index in [0.29, 0.717) is 25.5 Å². The molecule has 1 aliphatic heterocycles. The molecule has 0 aromatic heterocycles. The Kier molecular flexibility index (Phi) is 7.53. The van der Waals surface area contributed by atoms with Crippen molar-refractivity contribution >= 4 is 28.3 Å². The van der Waals surface area contributed by atoms with Gasteiger partial charge in [-0.15, -0.1) is 12.4 Å². The number of carbonyl (C=O) groups is 1. The Bertz CT molecular complexity index is 688. The van der Waals surface area contributed by atoms with Crippen molar-refractivity contribution in [2.75, 3.05) is 26.2 Å². The van der Waals surface area contributed by atoms with Gasteiger partial charge in [-0.05, 0) is 31.0 Å². The first-order valence-electron chi connectivity index (χ1n) is 7.29. The molecule has 0 aliphatic carbocycles.